The molecule has 0 aliphatic carbocycles. The van der Waals surface area contributed by atoms with Gasteiger partial charge in [0.05, 0.1) is 24.7 Å². The number of aliphatic hydroxyl groups excluding tert-OH is 1. The molecule has 3 aromatic rings. The van der Waals surface area contributed by atoms with Crippen LogP contribution in [0.4, 0.5) is 5.69 Å². The molecule has 0 radical (unpaired) electrons. The molecule has 182 valence electrons. The van der Waals surface area contributed by atoms with Gasteiger partial charge in [0.25, 0.3) is 0 Å². The summed E-state index contributed by atoms with van der Waals surface area (Å²) < 4.78 is 57.4. The van der Waals surface area contributed by atoms with Crippen LogP contribution in [0.15, 0.2) is 71.6 Å². The molecule has 3 rings (SSSR count). The highest BCUT2D eigenvalue weighted by atomic mass is 35.5. The highest BCUT2D eigenvalue weighted by Crippen LogP contribution is 2.26. The van der Waals surface area contributed by atoms with Crippen LogP contribution in [-0.4, -0.2) is 34.3 Å². The molecule has 4 N–H and O–H groups in total. The van der Waals surface area contributed by atoms with Crippen molar-refractivity contribution in [3.8, 4) is 5.75 Å². The summed E-state index contributed by atoms with van der Waals surface area (Å²) in [6.07, 6.45) is 0.777. The number of hydrogen-bond donors (Lipinski definition) is 3. The number of sulfonamides is 2. The lowest BCUT2D eigenvalue weighted by molar-refractivity contribution is 0.281. The first-order valence-corrected chi connectivity index (χ1v) is 13.9. The van der Waals surface area contributed by atoms with E-state index in [1.165, 1.54) is 12.1 Å². The van der Waals surface area contributed by atoms with Crippen LogP contribution in [0.5, 0.6) is 5.75 Å². The second kappa shape index (κ2) is 11.2. The number of halogens is 1. The van der Waals surface area contributed by atoms with Crippen LogP contribution in [-0.2, 0) is 39.5 Å². The van der Waals surface area contributed by atoms with Gasteiger partial charge in [0.2, 0.25) is 20.0 Å². The third-order valence-corrected chi connectivity index (χ3v) is 7.42. The fraction of sp³-hybridized carbons (Fsp3) is 0.217. The Morgan fingerprint density at radius 2 is 1.65 bits per heavy atom. The van der Waals surface area contributed by atoms with Gasteiger partial charge in [-0.25, -0.2) is 22.0 Å². The number of nitrogens with one attached hydrogen (secondary N) is 1. The van der Waals surface area contributed by atoms with E-state index < -0.39 is 31.5 Å². The van der Waals surface area contributed by atoms with Gasteiger partial charge in [0.15, 0.2) is 0 Å². The van der Waals surface area contributed by atoms with E-state index in [1.54, 1.807) is 18.2 Å². The molecule has 0 heterocycles. The van der Waals surface area contributed by atoms with E-state index in [4.69, 9.17) is 21.5 Å². The van der Waals surface area contributed by atoms with E-state index in [-0.39, 0.29) is 23.4 Å². The van der Waals surface area contributed by atoms with Crippen LogP contribution in [0.25, 0.3) is 0 Å². The van der Waals surface area contributed by atoms with E-state index in [0.29, 0.717) is 29.4 Å². The largest absolute Gasteiger partial charge is 0.493 e. The topological polar surface area (TPSA) is 136 Å². The molecule has 0 spiro atoms. The minimum Gasteiger partial charge on any atom is -0.493 e. The number of hydrogen-bond acceptors (Lipinski definition) is 6. The maximum atomic E-state index is 12.7. The van der Waals surface area contributed by atoms with Crippen LogP contribution < -0.4 is 14.6 Å². The quantitative estimate of drug-likeness (QED) is 0.352. The zero-order valence-electron chi connectivity index (χ0n) is 18.1. The summed E-state index contributed by atoms with van der Waals surface area (Å²) in [7, 11) is -8.17. The molecular formula is C23H25ClN2O6S2. The molecule has 0 saturated carbocycles. The number of nitrogens with two attached hydrogens (primary N) is 1. The summed E-state index contributed by atoms with van der Waals surface area (Å²) >= 11 is 6.10. The maximum absolute atomic E-state index is 12.7. The summed E-state index contributed by atoms with van der Waals surface area (Å²) in [5.41, 5.74) is 1.85. The van der Waals surface area contributed by atoms with Crippen molar-refractivity contribution in [2.45, 2.75) is 24.3 Å². The van der Waals surface area contributed by atoms with Gasteiger partial charge in [-0.05, 0) is 47.4 Å². The number of anilines is 1. The van der Waals surface area contributed by atoms with Crippen molar-refractivity contribution in [1.82, 2.24) is 0 Å². The van der Waals surface area contributed by atoms with Crippen LogP contribution in [0, 0.1) is 0 Å². The van der Waals surface area contributed by atoms with Crippen LogP contribution >= 0.6 is 11.6 Å². The second-order valence-electron chi connectivity index (χ2n) is 7.54. The molecule has 0 aliphatic rings. The number of benzene rings is 3. The molecule has 0 saturated heterocycles. The molecule has 0 atom stereocenters. The Balaban J connectivity index is 1.71. The molecule has 8 nitrogen and oxygen atoms in total. The standard InChI is InChI=1S/C23H25ClN2O6S2/c24-20-8-7-19(22(15-20)32-12-10-17-4-2-1-3-5-17)11-13-33(28,29)26-21-9-6-18(16-27)14-23(21)34(25,30)31/h1-9,14-15,26-27H,10-13,16H2,(H2,25,30,31). The van der Waals surface area contributed by atoms with Crippen molar-refractivity contribution < 1.29 is 26.7 Å². The van der Waals surface area contributed by atoms with Crippen molar-refractivity contribution in [2.24, 2.45) is 5.14 Å². The van der Waals surface area contributed by atoms with E-state index in [2.05, 4.69) is 4.72 Å². The average Bonchev–Trinajstić information content (AvgIpc) is 2.78. The molecule has 0 aliphatic heterocycles. The SMILES string of the molecule is NS(=O)(=O)c1cc(CO)ccc1NS(=O)(=O)CCc1ccc(Cl)cc1OCCc1ccccc1. The summed E-state index contributed by atoms with van der Waals surface area (Å²) in [5, 5.41) is 14.9. The molecule has 0 fully saturated rings. The van der Waals surface area contributed by atoms with Crippen LogP contribution in [0.3, 0.4) is 0 Å². The summed E-state index contributed by atoms with van der Waals surface area (Å²) in [6, 6.07) is 18.6. The van der Waals surface area contributed by atoms with E-state index in [1.807, 2.05) is 30.3 Å². The molecule has 3 aromatic carbocycles. The lowest BCUT2D eigenvalue weighted by Crippen LogP contribution is -2.22. The Morgan fingerprint density at radius 3 is 2.32 bits per heavy atom. The lowest BCUT2D eigenvalue weighted by atomic mass is 10.1. The van der Waals surface area contributed by atoms with Crippen molar-refractivity contribution in [3.05, 3.63) is 88.4 Å². The third-order valence-electron chi connectivity index (χ3n) is 4.96. The van der Waals surface area contributed by atoms with Gasteiger partial charge in [-0.1, -0.05) is 54.1 Å². The van der Waals surface area contributed by atoms with Gasteiger partial charge >= 0.3 is 0 Å². The molecule has 11 heteroatoms. The Morgan fingerprint density at radius 1 is 0.912 bits per heavy atom. The third kappa shape index (κ3) is 7.44. The highest BCUT2D eigenvalue weighted by Gasteiger charge is 2.20. The number of aliphatic hydroxyl groups is 1. The van der Waals surface area contributed by atoms with Gasteiger partial charge in [-0.2, -0.15) is 0 Å². The van der Waals surface area contributed by atoms with Crippen molar-refractivity contribution in [2.75, 3.05) is 17.1 Å². The fourth-order valence-corrected chi connectivity index (χ4v) is 5.31. The fourth-order valence-electron chi connectivity index (χ4n) is 3.24. The van der Waals surface area contributed by atoms with Gasteiger partial charge in [-0.15, -0.1) is 0 Å². The molecule has 0 amide bonds. The first kappa shape index (κ1) is 26.0. The molecular weight excluding hydrogens is 500 g/mol. The summed E-state index contributed by atoms with van der Waals surface area (Å²) in [6.45, 7) is -0.0313. The number of primary sulfonamides is 1. The van der Waals surface area contributed by atoms with E-state index in [0.717, 1.165) is 11.6 Å². The van der Waals surface area contributed by atoms with Gasteiger partial charge < -0.3 is 9.84 Å². The second-order valence-corrected chi connectivity index (χ2v) is 11.3. The number of ether oxygens (including phenoxy) is 1. The Hall–Kier alpha value is -2.63. The van der Waals surface area contributed by atoms with Crippen molar-refractivity contribution in [3.63, 3.8) is 0 Å². The normalized spacial score (nSPS) is 11.9. The molecule has 0 aromatic heterocycles. The summed E-state index contributed by atoms with van der Waals surface area (Å²) in [5.74, 6) is 0.145. The smallest absolute Gasteiger partial charge is 0.240 e. The first-order valence-electron chi connectivity index (χ1n) is 10.3. The van der Waals surface area contributed by atoms with E-state index in [9.17, 15) is 21.9 Å². The van der Waals surface area contributed by atoms with Crippen LogP contribution in [0.2, 0.25) is 5.02 Å². The number of aryl methyl sites for hydroxylation is 1. The minimum absolute atomic E-state index is 0.104. The van der Waals surface area contributed by atoms with Crippen molar-refractivity contribution >= 4 is 37.3 Å². The maximum Gasteiger partial charge on any atom is 0.240 e. The zero-order valence-corrected chi connectivity index (χ0v) is 20.5. The highest BCUT2D eigenvalue weighted by molar-refractivity contribution is 7.93. The Kier molecular flexibility index (Phi) is 8.56. The zero-order chi connectivity index (χ0) is 24.8. The van der Waals surface area contributed by atoms with Crippen LogP contribution in [0.1, 0.15) is 16.7 Å². The molecule has 34 heavy (non-hydrogen) atoms. The average molecular weight is 525 g/mol. The Bertz CT molecular complexity index is 1350. The van der Waals surface area contributed by atoms with Crippen molar-refractivity contribution in [1.29, 1.82) is 0 Å². The molecule has 0 bridgehead atoms. The predicted molar refractivity (Wildman–Crippen MR) is 132 cm³/mol. The first-order chi connectivity index (χ1) is 16.1. The predicted octanol–water partition coefficient (Wildman–Crippen LogP) is 3.09. The van der Waals surface area contributed by atoms with Gasteiger partial charge in [-0.3, -0.25) is 4.72 Å². The Labute approximate surface area is 204 Å². The van der Waals surface area contributed by atoms with Gasteiger partial charge in [0.1, 0.15) is 10.6 Å². The lowest BCUT2D eigenvalue weighted by Gasteiger charge is -2.14. The van der Waals surface area contributed by atoms with Gasteiger partial charge in [0, 0.05) is 11.4 Å². The molecule has 0 unspecified atom stereocenters. The number of rotatable bonds is 11. The summed E-state index contributed by atoms with van der Waals surface area (Å²) in [4.78, 5) is -0.418. The monoisotopic (exact) mass is 524 g/mol. The minimum atomic E-state index is -4.22. The van der Waals surface area contributed by atoms with E-state index >= 15 is 0 Å².